The molecule has 0 aliphatic heterocycles. The maximum Gasteiger partial charge on any atom is 0.115 e. The van der Waals surface area contributed by atoms with Crippen molar-refractivity contribution in [2.75, 3.05) is 25.9 Å². The van der Waals surface area contributed by atoms with Gasteiger partial charge in [-0.05, 0) is 74.1 Å². The fraction of sp³-hybridized carbons (Fsp3) is 0.280. The molecule has 0 saturated carbocycles. The highest BCUT2D eigenvalue weighted by molar-refractivity contribution is 7.99. The number of phenolic OH excluding ortho intramolecular Hbond substituents is 1. The van der Waals surface area contributed by atoms with E-state index in [0.717, 1.165) is 31.7 Å². The molecule has 28 heavy (non-hydrogen) atoms. The van der Waals surface area contributed by atoms with E-state index in [1.807, 2.05) is 23.9 Å². The number of benzene rings is 3. The van der Waals surface area contributed by atoms with Crippen LogP contribution in [0.2, 0.25) is 0 Å². The summed E-state index contributed by atoms with van der Waals surface area (Å²) in [5.74, 6) is 1.86. The molecule has 0 fully saturated rings. The molecular weight excluding hydrogens is 362 g/mol. The minimum absolute atomic E-state index is 0.329. The first-order chi connectivity index (χ1) is 13.7. The standard InChI is InChI=1S/C25H29NOS/c1-26(18-8-20-28-24-15-13-23(27)14-16-24)19-17-25(21-9-4-2-5-10-21)22-11-6-3-7-12-22/h2-7,9-16,25,27H,8,17-20H2,1H3. The molecule has 0 amide bonds. The van der Waals surface area contributed by atoms with Gasteiger partial charge in [0.25, 0.3) is 0 Å². The molecule has 0 bridgehead atoms. The van der Waals surface area contributed by atoms with Crippen molar-refractivity contribution in [3.8, 4) is 5.75 Å². The first-order valence-electron chi connectivity index (χ1n) is 9.92. The van der Waals surface area contributed by atoms with Gasteiger partial charge in [0.15, 0.2) is 0 Å². The maximum absolute atomic E-state index is 9.35. The molecule has 0 atom stereocenters. The van der Waals surface area contributed by atoms with Crippen molar-refractivity contribution in [2.24, 2.45) is 0 Å². The SMILES string of the molecule is CN(CCCSc1ccc(O)cc1)CCC(c1ccccc1)c1ccccc1. The van der Waals surface area contributed by atoms with Crippen LogP contribution in [0.4, 0.5) is 0 Å². The Morgan fingerprint density at radius 3 is 1.93 bits per heavy atom. The van der Waals surface area contributed by atoms with Crippen molar-refractivity contribution < 1.29 is 5.11 Å². The largest absolute Gasteiger partial charge is 0.508 e. The second-order valence-electron chi connectivity index (χ2n) is 7.16. The molecule has 0 radical (unpaired) electrons. The Morgan fingerprint density at radius 2 is 1.36 bits per heavy atom. The van der Waals surface area contributed by atoms with E-state index in [1.54, 1.807) is 12.1 Å². The zero-order valence-corrected chi connectivity index (χ0v) is 17.3. The first kappa shape index (κ1) is 20.5. The van der Waals surface area contributed by atoms with Gasteiger partial charge in [-0.25, -0.2) is 0 Å². The summed E-state index contributed by atoms with van der Waals surface area (Å²) in [6.07, 6.45) is 2.28. The fourth-order valence-corrected chi connectivity index (χ4v) is 4.26. The summed E-state index contributed by atoms with van der Waals surface area (Å²) in [6, 6.07) is 29.1. The Balaban J connectivity index is 1.47. The number of hydrogen-bond donors (Lipinski definition) is 1. The molecule has 3 heteroatoms. The van der Waals surface area contributed by atoms with Crippen molar-refractivity contribution in [1.29, 1.82) is 0 Å². The lowest BCUT2D eigenvalue weighted by Gasteiger charge is -2.22. The fourth-order valence-electron chi connectivity index (χ4n) is 3.42. The summed E-state index contributed by atoms with van der Waals surface area (Å²) in [7, 11) is 2.22. The molecule has 0 aromatic heterocycles. The van der Waals surface area contributed by atoms with Gasteiger partial charge in [0.2, 0.25) is 0 Å². The third-order valence-corrected chi connectivity index (χ3v) is 6.09. The smallest absolute Gasteiger partial charge is 0.115 e. The number of rotatable bonds is 10. The summed E-state index contributed by atoms with van der Waals surface area (Å²) in [5, 5.41) is 9.35. The zero-order valence-electron chi connectivity index (χ0n) is 16.5. The van der Waals surface area contributed by atoms with Crippen LogP contribution in [0.25, 0.3) is 0 Å². The Kier molecular flexibility index (Phi) is 8.01. The van der Waals surface area contributed by atoms with E-state index >= 15 is 0 Å². The minimum atomic E-state index is 0.329. The van der Waals surface area contributed by atoms with Crippen LogP contribution in [-0.2, 0) is 0 Å². The van der Waals surface area contributed by atoms with Gasteiger partial charge in [0.1, 0.15) is 5.75 Å². The van der Waals surface area contributed by atoms with Crippen molar-refractivity contribution in [3.63, 3.8) is 0 Å². The van der Waals surface area contributed by atoms with Crippen LogP contribution >= 0.6 is 11.8 Å². The van der Waals surface area contributed by atoms with Crippen LogP contribution in [0.15, 0.2) is 89.8 Å². The maximum atomic E-state index is 9.35. The Bertz CT molecular complexity index is 765. The van der Waals surface area contributed by atoms with E-state index in [0.29, 0.717) is 11.7 Å². The number of thioether (sulfide) groups is 1. The van der Waals surface area contributed by atoms with E-state index < -0.39 is 0 Å². The average molecular weight is 392 g/mol. The van der Waals surface area contributed by atoms with Gasteiger partial charge in [0, 0.05) is 10.8 Å². The summed E-state index contributed by atoms with van der Waals surface area (Å²) >= 11 is 1.85. The Hall–Kier alpha value is -2.23. The monoisotopic (exact) mass is 391 g/mol. The Labute approximate surface area is 173 Å². The molecule has 146 valence electrons. The number of hydrogen-bond acceptors (Lipinski definition) is 3. The van der Waals surface area contributed by atoms with Crippen molar-refractivity contribution in [2.45, 2.75) is 23.7 Å². The molecule has 3 aromatic carbocycles. The molecule has 0 spiro atoms. The van der Waals surface area contributed by atoms with Gasteiger partial charge in [0.05, 0.1) is 0 Å². The van der Waals surface area contributed by atoms with Crippen LogP contribution in [0.3, 0.4) is 0 Å². The Morgan fingerprint density at radius 1 is 0.786 bits per heavy atom. The zero-order chi connectivity index (χ0) is 19.6. The topological polar surface area (TPSA) is 23.5 Å². The van der Waals surface area contributed by atoms with Gasteiger partial charge < -0.3 is 10.0 Å². The van der Waals surface area contributed by atoms with Crippen molar-refractivity contribution >= 4 is 11.8 Å². The van der Waals surface area contributed by atoms with Gasteiger partial charge in [-0.15, -0.1) is 11.8 Å². The summed E-state index contributed by atoms with van der Waals surface area (Å²) in [5.41, 5.74) is 2.79. The molecule has 0 heterocycles. The third kappa shape index (κ3) is 6.43. The van der Waals surface area contributed by atoms with Crippen LogP contribution < -0.4 is 0 Å². The van der Waals surface area contributed by atoms with Gasteiger partial charge in [-0.1, -0.05) is 60.7 Å². The van der Waals surface area contributed by atoms with E-state index in [-0.39, 0.29) is 0 Å². The van der Waals surface area contributed by atoms with Gasteiger partial charge >= 0.3 is 0 Å². The highest BCUT2D eigenvalue weighted by Crippen LogP contribution is 2.28. The quantitative estimate of drug-likeness (QED) is 0.337. The van der Waals surface area contributed by atoms with Crippen LogP contribution in [0, 0.1) is 0 Å². The number of phenols is 1. The van der Waals surface area contributed by atoms with E-state index in [4.69, 9.17) is 0 Å². The van der Waals surface area contributed by atoms with Gasteiger partial charge in [-0.2, -0.15) is 0 Å². The molecule has 3 rings (SSSR count). The second kappa shape index (κ2) is 10.9. The second-order valence-corrected chi connectivity index (χ2v) is 8.33. The average Bonchev–Trinajstić information content (AvgIpc) is 2.74. The van der Waals surface area contributed by atoms with Crippen LogP contribution in [-0.4, -0.2) is 35.9 Å². The lowest BCUT2D eigenvalue weighted by Crippen LogP contribution is -2.23. The lowest BCUT2D eigenvalue weighted by atomic mass is 9.88. The summed E-state index contributed by atoms with van der Waals surface area (Å²) in [4.78, 5) is 3.66. The van der Waals surface area contributed by atoms with Crippen molar-refractivity contribution in [1.82, 2.24) is 4.90 Å². The molecule has 0 saturated heterocycles. The normalized spacial score (nSPS) is 11.2. The van der Waals surface area contributed by atoms with Crippen LogP contribution in [0.1, 0.15) is 29.9 Å². The number of nitrogens with zero attached hydrogens (tertiary/aromatic N) is 1. The van der Waals surface area contributed by atoms with E-state index in [1.165, 1.54) is 16.0 Å². The molecule has 0 unspecified atom stereocenters. The predicted octanol–water partition coefficient (Wildman–Crippen LogP) is 6.03. The molecular formula is C25H29NOS. The molecule has 1 N–H and O–H groups in total. The highest BCUT2D eigenvalue weighted by Gasteiger charge is 2.14. The summed E-state index contributed by atoms with van der Waals surface area (Å²) in [6.45, 7) is 2.18. The van der Waals surface area contributed by atoms with E-state index in [2.05, 4.69) is 72.6 Å². The van der Waals surface area contributed by atoms with Crippen LogP contribution in [0.5, 0.6) is 5.75 Å². The predicted molar refractivity (Wildman–Crippen MR) is 120 cm³/mol. The van der Waals surface area contributed by atoms with E-state index in [9.17, 15) is 5.11 Å². The minimum Gasteiger partial charge on any atom is -0.508 e. The third-order valence-electron chi connectivity index (χ3n) is 4.99. The summed E-state index contributed by atoms with van der Waals surface area (Å²) < 4.78 is 0. The molecule has 0 aliphatic rings. The molecule has 3 aromatic rings. The molecule has 0 aliphatic carbocycles. The first-order valence-corrected chi connectivity index (χ1v) is 10.9. The lowest BCUT2D eigenvalue weighted by molar-refractivity contribution is 0.325. The highest BCUT2D eigenvalue weighted by atomic mass is 32.2. The molecule has 2 nitrogen and oxygen atoms in total. The number of aromatic hydroxyl groups is 1. The van der Waals surface area contributed by atoms with Crippen molar-refractivity contribution in [3.05, 3.63) is 96.1 Å². The van der Waals surface area contributed by atoms with Gasteiger partial charge in [-0.3, -0.25) is 0 Å².